The van der Waals surface area contributed by atoms with Crippen molar-refractivity contribution in [2.45, 2.75) is 18.1 Å². The number of hydrogen-bond acceptors (Lipinski definition) is 2. The van der Waals surface area contributed by atoms with Gasteiger partial charge in [-0.2, -0.15) is 0 Å². The van der Waals surface area contributed by atoms with Gasteiger partial charge in [-0.25, -0.2) is 22.3 Å². The monoisotopic (exact) mass is 191 g/mol. The molecule has 0 aliphatic rings. The molecule has 0 aliphatic heterocycles. The van der Waals surface area contributed by atoms with Crippen molar-refractivity contribution in [1.29, 1.82) is 0 Å². The first-order chi connectivity index (χ1) is 4.89. The summed E-state index contributed by atoms with van der Waals surface area (Å²) in [6.45, 7) is -1.11. The first-order valence-electron chi connectivity index (χ1n) is 2.75. The molecule has 2 atom stereocenters. The van der Waals surface area contributed by atoms with Crippen LogP contribution >= 0.6 is 0 Å². The van der Waals surface area contributed by atoms with Gasteiger partial charge in [-0.3, -0.25) is 4.39 Å². The third-order valence-corrected chi connectivity index (χ3v) is 1.91. The van der Waals surface area contributed by atoms with Crippen molar-refractivity contribution >= 4 is 10.0 Å². The van der Waals surface area contributed by atoms with Crippen LogP contribution in [-0.2, 0) is 10.0 Å². The van der Waals surface area contributed by atoms with E-state index in [1.165, 1.54) is 0 Å². The Kier molecular flexibility index (Phi) is 3.81. The Morgan fingerprint density at radius 3 is 2.09 bits per heavy atom. The van der Waals surface area contributed by atoms with Gasteiger partial charge in [-0.1, -0.05) is 0 Å². The molecule has 0 fully saturated rings. The zero-order valence-corrected chi connectivity index (χ0v) is 6.32. The van der Waals surface area contributed by atoms with Crippen LogP contribution in [0.1, 0.15) is 6.42 Å². The van der Waals surface area contributed by atoms with Crippen LogP contribution in [0, 0.1) is 0 Å². The molecule has 0 saturated carbocycles. The summed E-state index contributed by atoms with van der Waals surface area (Å²) in [7, 11) is -4.53. The predicted octanol–water partition coefficient (Wildman–Crippen LogP) is 0.268. The number of sulfonamides is 1. The summed E-state index contributed by atoms with van der Waals surface area (Å²) in [6.07, 6.45) is -3.17. The molecular formula is C4H8F3NO2S. The van der Waals surface area contributed by atoms with Crippen LogP contribution in [0.5, 0.6) is 0 Å². The Morgan fingerprint density at radius 1 is 1.36 bits per heavy atom. The molecule has 0 aromatic heterocycles. The normalized spacial score (nSPS) is 17.8. The van der Waals surface area contributed by atoms with Crippen molar-refractivity contribution in [3.05, 3.63) is 0 Å². The summed E-state index contributed by atoms with van der Waals surface area (Å²) in [6, 6.07) is 0. The first-order valence-corrected chi connectivity index (χ1v) is 4.36. The molecule has 0 radical (unpaired) electrons. The highest BCUT2D eigenvalue weighted by Gasteiger charge is 2.30. The minimum atomic E-state index is -4.53. The molecule has 0 amide bonds. The van der Waals surface area contributed by atoms with E-state index in [0.717, 1.165) is 0 Å². The highest BCUT2D eigenvalue weighted by Crippen LogP contribution is 2.11. The molecule has 2 N–H and O–H groups in total. The van der Waals surface area contributed by atoms with Crippen LogP contribution in [0.25, 0.3) is 0 Å². The van der Waals surface area contributed by atoms with Crippen molar-refractivity contribution in [2.24, 2.45) is 5.14 Å². The number of rotatable bonds is 4. The molecule has 0 aromatic carbocycles. The van der Waals surface area contributed by atoms with Gasteiger partial charge in [0.25, 0.3) is 0 Å². The van der Waals surface area contributed by atoms with E-state index < -0.39 is 34.8 Å². The molecule has 0 heterocycles. The summed E-state index contributed by atoms with van der Waals surface area (Å²) >= 11 is 0. The van der Waals surface area contributed by atoms with E-state index in [4.69, 9.17) is 0 Å². The minimum absolute atomic E-state index is 0.794. The van der Waals surface area contributed by atoms with Gasteiger partial charge < -0.3 is 0 Å². The molecule has 0 spiro atoms. The summed E-state index contributed by atoms with van der Waals surface area (Å²) in [5.41, 5.74) is -2.82. The molecule has 11 heavy (non-hydrogen) atoms. The third-order valence-electron chi connectivity index (χ3n) is 0.983. The van der Waals surface area contributed by atoms with Crippen molar-refractivity contribution in [3.63, 3.8) is 0 Å². The predicted molar refractivity (Wildman–Crippen MR) is 33.5 cm³/mol. The van der Waals surface area contributed by atoms with E-state index in [1.807, 2.05) is 0 Å². The molecule has 0 saturated heterocycles. The summed E-state index contributed by atoms with van der Waals surface area (Å²) < 4.78 is 56.0. The Labute approximate surface area is 62.4 Å². The second-order valence-electron chi connectivity index (χ2n) is 1.93. The first kappa shape index (κ1) is 10.7. The standard InChI is InChI=1S/C4H8F3NO2S/c5-2-1-3(6)4(7)11(8,9)10/h3-4H,1-2H2,(H2,8,9,10). The van der Waals surface area contributed by atoms with Gasteiger partial charge in [0.15, 0.2) is 0 Å². The van der Waals surface area contributed by atoms with E-state index in [1.54, 1.807) is 0 Å². The maximum Gasteiger partial charge on any atom is 0.245 e. The van der Waals surface area contributed by atoms with E-state index in [9.17, 15) is 21.6 Å². The van der Waals surface area contributed by atoms with Crippen LogP contribution in [0.3, 0.4) is 0 Å². The number of halogens is 3. The number of primary sulfonamides is 1. The molecule has 3 nitrogen and oxygen atoms in total. The molecule has 7 heteroatoms. The van der Waals surface area contributed by atoms with Gasteiger partial charge in [0, 0.05) is 6.42 Å². The van der Waals surface area contributed by atoms with Crippen LogP contribution < -0.4 is 5.14 Å². The smallest absolute Gasteiger partial charge is 0.245 e. The Bertz CT molecular complexity index is 205. The molecule has 0 aliphatic carbocycles. The Morgan fingerprint density at radius 2 is 1.82 bits per heavy atom. The number of nitrogens with two attached hydrogens (primary N) is 1. The zero-order chi connectivity index (χ0) is 9.07. The van der Waals surface area contributed by atoms with Gasteiger partial charge in [-0.15, -0.1) is 0 Å². The maximum atomic E-state index is 12.2. The third kappa shape index (κ3) is 3.57. The molecule has 2 unspecified atom stereocenters. The van der Waals surface area contributed by atoms with Crippen LogP contribution in [0.15, 0.2) is 0 Å². The van der Waals surface area contributed by atoms with Crippen LogP contribution in [-0.4, -0.2) is 26.8 Å². The fourth-order valence-corrected chi connectivity index (χ4v) is 0.989. The van der Waals surface area contributed by atoms with Crippen molar-refractivity contribution < 1.29 is 21.6 Å². The second-order valence-corrected chi connectivity index (χ2v) is 3.56. The Balaban J connectivity index is 4.14. The van der Waals surface area contributed by atoms with Gasteiger partial charge >= 0.3 is 0 Å². The minimum Gasteiger partial charge on any atom is -0.251 e. The molecular weight excluding hydrogens is 183 g/mol. The van der Waals surface area contributed by atoms with Crippen molar-refractivity contribution in [2.75, 3.05) is 6.67 Å². The van der Waals surface area contributed by atoms with Gasteiger partial charge in [0.1, 0.15) is 6.17 Å². The van der Waals surface area contributed by atoms with Gasteiger partial charge in [-0.05, 0) is 0 Å². The molecule has 68 valence electrons. The van der Waals surface area contributed by atoms with Crippen LogP contribution in [0.2, 0.25) is 0 Å². The van der Waals surface area contributed by atoms with Crippen LogP contribution in [0.4, 0.5) is 13.2 Å². The molecule has 0 rings (SSSR count). The highest BCUT2D eigenvalue weighted by molar-refractivity contribution is 7.89. The van der Waals surface area contributed by atoms with Crippen molar-refractivity contribution in [3.8, 4) is 0 Å². The molecule has 0 bridgehead atoms. The van der Waals surface area contributed by atoms with Crippen molar-refractivity contribution in [1.82, 2.24) is 0 Å². The average molecular weight is 191 g/mol. The summed E-state index contributed by atoms with van der Waals surface area (Å²) in [5.74, 6) is 0. The lowest BCUT2D eigenvalue weighted by Gasteiger charge is -2.08. The zero-order valence-electron chi connectivity index (χ0n) is 5.50. The van der Waals surface area contributed by atoms with E-state index in [0.29, 0.717) is 0 Å². The quantitative estimate of drug-likeness (QED) is 0.693. The van der Waals surface area contributed by atoms with E-state index >= 15 is 0 Å². The fraction of sp³-hybridized carbons (Fsp3) is 1.00. The fourth-order valence-electron chi connectivity index (χ4n) is 0.441. The van der Waals surface area contributed by atoms with E-state index in [-0.39, 0.29) is 0 Å². The van der Waals surface area contributed by atoms with E-state index in [2.05, 4.69) is 5.14 Å². The summed E-state index contributed by atoms with van der Waals surface area (Å²) in [4.78, 5) is 0. The maximum absolute atomic E-state index is 12.2. The van der Waals surface area contributed by atoms with Gasteiger partial charge in [0.2, 0.25) is 15.5 Å². The van der Waals surface area contributed by atoms with Gasteiger partial charge in [0.05, 0.1) is 6.67 Å². The highest BCUT2D eigenvalue weighted by atomic mass is 32.2. The lowest BCUT2D eigenvalue weighted by atomic mass is 10.3. The Hall–Kier alpha value is -0.300. The second kappa shape index (κ2) is 3.91. The number of alkyl halides is 3. The average Bonchev–Trinajstić information content (AvgIpc) is 1.85. The lowest BCUT2D eigenvalue weighted by Crippen LogP contribution is -2.33. The summed E-state index contributed by atoms with van der Waals surface area (Å²) in [5, 5.41) is 4.24. The number of hydrogen-bond donors (Lipinski definition) is 1. The topological polar surface area (TPSA) is 60.2 Å². The largest absolute Gasteiger partial charge is 0.251 e. The molecule has 0 aromatic rings. The lowest BCUT2D eigenvalue weighted by molar-refractivity contribution is 0.200. The SMILES string of the molecule is NS(=O)(=O)C(F)C(F)CCF.